The zero-order valence-corrected chi connectivity index (χ0v) is 21.9. The molecular weight excluding hydrogens is 452 g/mol. The summed E-state index contributed by atoms with van der Waals surface area (Å²) >= 11 is 0. The lowest BCUT2D eigenvalue weighted by Gasteiger charge is -2.39. The molecule has 0 radical (unpaired) electrons. The fraction of sp³-hybridized carbons (Fsp3) is 0.500. The van der Waals surface area contributed by atoms with Crippen molar-refractivity contribution < 1.29 is 19.6 Å². The topological polar surface area (TPSA) is 111 Å². The minimum Gasteiger partial charge on any atom is -0.465 e. The first kappa shape index (κ1) is 27.3. The number of rotatable bonds is 11. The van der Waals surface area contributed by atoms with Gasteiger partial charge in [-0.25, -0.2) is 9.48 Å². The molecule has 1 N–H and O–H groups in total. The maximum absolute atomic E-state index is 12.1. The molecule has 1 amide bonds. The maximum atomic E-state index is 12.1. The summed E-state index contributed by atoms with van der Waals surface area (Å²) in [4.78, 5) is 24.8. The van der Waals surface area contributed by atoms with Crippen molar-refractivity contribution in [3.05, 3.63) is 58.8 Å². The number of benzene rings is 1. The summed E-state index contributed by atoms with van der Waals surface area (Å²) in [6.45, 7) is 16.7. The van der Waals surface area contributed by atoms with Crippen molar-refractivity contribution in [3.63, 3.8) is 0 Å². The van der Waals surface area contributed by atoms with Crippen molar-refractivity contribution >= 4 is 19.9 Å². The number of aromatic nitrogens is 2. The van der Waals surface area contributed by atoms with Gasteiger partial charge in [0.1, 0.15) is 18.6 Å². The highest BCUT2D eigenvalue weighted by Gasteiger charge is 2.34. The second-order valence-corrected chi connectivity index (χ2v) is 16.1. The van der Waals surface area contributed by atoms with E-state index >= 15 is 0 Å². The molecule has 1 atom stereocenters. The van der Waals surface area contributed by atoms with Crippen LogP contribution in [0.3, 0.4) is 0 Å². The minimum absolute atomic E-state index is 0.0945. The van der Waals surface area contributed by atoms with Crippen LogP contribution in [0.15, 0.2) is 43.1 Å². The van der Waals surface area contributed by atoms with Gasteiger partial charge >= 0.3 is 11.8 Å². The van der Waals surface area contributed by atoms with Gasteiger partial charge in [-0.15, -0.1) is 6.58 Å². The molecule has 1 aromatic heterocycles. The van der Waals surface area contributed by atoms with Gasteiger partial charge < -0.3 is 9.84 Å². The molecule has 186 valence electrons. The van der Waals surface area contributed by atoms with Crippen LogP contribution in [0.2, 0.25) is 25.7 Å². The summed E-state index contributed by atoms with van der Waals surface area (Å²) in [7, 11) is -1.27. The van der Waals surface area contributed by atoms with E-state index in [4.69, 9.17) is 4.74 Å². The quantitative estimate of drug-likeness (QED) is 0.133. The summed E-state index contributed by atoms with van der Waals surface area (Å²) < 4.78 is 7.28. The molecule has 0 aliphatic heterocycles. The Morgan fingerprint density at radius 2 is 2.06 bits per heavy atom. The van der Waals surface area contributed by atoms with Crippen LogP contribution in [0.5, 0.6) is 0 Å². The third kappa shape index (κ3) is 7.01. The zero-order valence-electron chi connectivity index (χ0n) is 20.9. The smallest absolute Gasteiger partial charge is 0.408 e. The number of amides is 1. The molecule has 2 aromatic rings. The molecule has 0 bridgehead atoms. The molecule has 1 heterocycles. The maximum Gasteiger partial charge on any atom is 0.408 e. The van der Waals surface area contributed by atoms with E-state index in [0.717, 1.165) is 11.6 Å². The molecule has 0 unspecified atom stereocenters. The molecule has 0 saturated carbocycles. The number of nitro groups is 1. The van der Waals surface area contributed by atoms with E-state index in [2.05, 4.69) is 31.3 Å². The lowest BCUT2D eigenvalue weighted by atomic mass is 9.94. The Bertz CT molecular complexity index is 1020. The molecule has 9 nitrogen and oxygen atoms in total. The van der Waals surface area contributed by atoms with Crippen molar-refractivity contribution in [1.82, 2.24) is 14.7 Å². The van der Waals surface area contributed by atoms with E-state index in [9.17, 15) is 20.0 Å². The van der Waals surface area contributed by atoms with Crippen LogP contribution >= 0.6 is 0 Å². The summed E-state index contributed by atoms with van der Waals surface area (Å²) in [5.74, 6) is 0. The number of ether oxygens (including phenoxy) is 1. The molecule has 34 heavy (non-hydrogen) atoms. The molecule has 0 fully saturated rings. The molecule has 0 saturated heterocycles. The Balaban J connectivity index is 2.48. The van der Waals surface area contributed by atoms with Gasteiger partial charge in [0.15, 0.2) is 0 Å². The van der Waals surface area contributed by atoms with Gasteiger partial charge in [-0.05, 0) is 44.9 Å². The average Bonchev–Trinajstić information content (AvgIpc) is 3.13. The average molecular weight is 489 g/mol. The fourth-order valence-electron chi connectivity index (χ4n) is 3.76. The second-order valence-electron chi connectivity index (χ2n) is 10.5. The number of carbonyl (C=O) groups is 1. The third-order valence-electron chi connectivity index (χ3n) is 5.40. The fourth-order valence-corrected chi connectivity index (χ4v) is 4.52. The second kappa shape index (κ2) is 11.0. The Morgan fingerprint density at radius 1 is 1.38 bits per heavy atom. The van der Waals surface area contributed by atoms with E-state index in [1.807, 2.05) is 26.8 Å². The first-order valence-corrected chi connectivity index (χ1v) is 15.0. The molecule has 0 aliphatic carbocycles. The molecule has 2 rings (SSSR count). The number of hydrogen-bond donors (Lipinski definition) is 1. The third-order valence-corrected chi connectivity index (χ3v) is 7.11. The van der Waals surface area contributed by atoms with Gasteiger partial charge in [0, 0.05) is 25.8 Å². The van der Waals surface area contributed by atoms with E-state index in [-0.39, 0.29) is 12.4 Å². The monoisotopic (exact) mass is 488 g/mol. The van der Waals surface area contributed by atoms with Crippen molar-refractivity contribution in [1.29, 1.82) is 0 Å². The lowest BCUT2D eigenvalue weighted by Crippen LogP contribution is -2.47. The van der Waals surface area contributed by atoms with Gasteiger partial charge in [-0.3, -0.25) is 15.0 Å². The summed E-state index contributed by atoms with van der Waals surface area (Å²) in [5, 5.41) is 25.9. The predicted octanol–water partition coefficient (Wildman–Crippen LogP) is 6.17. The minimum atomic E-state index is -1.27. The zero-order chi connectivity index (χ0) is 25.7. The van der Waals surface area contributed by atoms with Crippen LogP contribution in [0, 0.1) is 10.1 Å². The Labute approximate surface area is 202 Å². The van der Waals surface area contributed by atoms with Crippen molar-refractivity contribution in [2.24, 2.45) is 0 Å². The summed E-state index contributed by atoms with van der Waals surface area (Å²) in [6.07, 6.45) is 2.26. The van der Waals surface area contributed by atoms with Crippen LogP contribution in [-0.4, -0.2) is 51.0 Å². The molecule has 0 aliphatic rings. The predicted molar refractivity (Wildman–Crippen MR) is 136 cm³/mol. The Morgan fingerprint density at radius 3 is 2.59 bits per heavy atom. The van der Waals surface area contributed by atoms with Crippen LogP contribution in [0.4, 0.5) is 10.5 Å². The molecule has 1 aromatic carbocycles. The van der Waals surface area contributed by atoms with Gasteiger partial charge in [0.05, 0.1) is 11.0 Å². The Hall–Kier alpha value is -2.98. The SMILES string of the molecule is C=CC[C@@H](c1cccc(-c2c([N+](=O)[O-])cnn2COCC[Si](C)(C)C)c1)N(C(=O)O)C(C)(C)C. The van der Waals surface area contributed by atoms with E-state index in [1.165, 1.54) is 15.8 Å². The summed E-state index contributed by atoms with van der Waals surface area (Å²) in [6, 6.07) is 7.63. The van der Waals surface area contributed by atoms with E-state index in [0.29, 0.717) is 24.3 Å². The number of carboxylic acid groups (broad SMARTS) is 1. The largest absolute Gasteiger partial charge is 0.465 e. The van der Waals surface area contributed by atoms with Gasteiger partial charge in [-0.2, -0.15) is 5.10 Å². The molecule has 10 heteroatoms. The first-order chi connectivity index (χ1) is 15.8. The molecular formula is C24H36N4O5Si. The molecule has 0 spiro atoms. The normalized spacial score (nSPS) is 12.9. The van der Waals surface area contributed by atoms with Gasteiger partial charge in [0.25, 0.3) is 0 Å². The number of nitrogens with zero attached hydrogens (tertiary/aromatic N) is 4. The van der Waals surface area contributed by atoms with Crippen LogP contribution in [0.25, 0.3) is 11.3 Å². The highest BCUT2D eigenvalue weighted by Crippen LogP contribution is 2.36. The first-order valence-electron chi connectivity index (χ1n) is 11.3. The van der Waals surface area contributed by atoms with E-state index in [1.54, 1.807) is 24.3 Å². The Kier molecular flexibility index (Phi) is 8.79. The lowest BCUT2D eigenvalue weighted by molar-refractivity contribution is -0.384. The van der Waals surface area contributed by atoms with Gasteiger partial charge in [0.2, 0.25) is 0 Å². The highest BCUT2D eigenvalue weighted by atomic mass is 28.3. The highest BCUT2D eigenvalue weighted by molar-refractivity contribution is 6.76. The van der Waals surface area contributed by atoms with E-state index < -0.39 is 30.7 Å². The van der Waals surface area contributed by atoms with Crippen molar-refractivity contribution in [2.45, 2.75) is 71.2 Å². The van der Waals surface area contributed by atoms with Crippen molar-refractivity contribution in [3.8, 4) is 11.3 Å². The van der Waals surface area contributed by atoms with Crippen LogP contribution in [0.1, 0.15) is 38.8 Å². The summed E-state index contributed by atoms with van der Waals surface area (Å²) in [5.41, 5.74) is 0.834. The van der Waals surface area contributed by atoms with Gasteiger partial charge in [-0.1, -0.05) is 43.9 Å². The van der Waals surface area contributed by atoms with Crippen molar-refractivity contribution in [2.75, 3.05) is 6.61 Å². The number of hydrogen-bond acceptors (Lipinski definition) is 5. The standard InChI is InChI=1S/C24H36N4O5Si/c1-8-10-20(27(23(29)30)24(2,3)4)18-11-9-12-19(15-18)22-21(28(31)32)16-25-26(22)17-33-13-14-34(5,6)7/h8-9,11-12,15-16,20H,1,10,13-14,17H2,2-7H3,(H,29,30)/t20-/m0/s1. The van der Waals surface area contributed by atoms with Crippen LogP contribution < -0.4 is 0 Å². The van der Waals surface area contributed by atoms with Crippen LogP contribution in [-0.2, 0) is 11.5 Å².